The summed E-state index contributed by atoms with van der Waals surface area (Å²) < 4.78 is 5.15. The van der Waals surface area contributed by atoms with Crippen LogP contribution >= 0.6 is 0 Å². The number of likely N-dealkylation sites (tertiary alicyclic amines) is 1. The Hall–Kier alpha value is -2.08. The fourth-order valence-electron chi connectivity index (χ4n) is 2.31. The topological polar surface area (TPSA) is 78.9 Å². The third-order valence-corrected chi connectivity index (χ3v) is 3.37. The van der Waals surface area contributed by atoms with Crippen LogP contribution in [0.5, 0.6) is 5.75 Å². The van der Waals surface area contributed by atoms with Gasteiger partial charge in [-0.2, -0.15) is 0 Å². The molecule has 1 aromatic carbocycles. The Morgan fingerprint density at radius 2 is 1.95 bits per heavy atom. The van der Waals surface area contributed by atoms with E-state index < -0.39 is 12.6 Å². The Labute approximate surface area is 123 Å². The quantitative estimate of drug-likeness (QED) is 0.797. The molecule has 2 N–H and O–H groups in total. The van der Waals surface area contributed by atoms with Crippen molar-refractivity contribution >= 4 is 17.6 Å². The van der Waals surface area contributed by atoms with Gasteiger partial charge in [0, 0.05) is 13.0 Å². The fraction of sp³-hybridized carbons (Fsp3) is 0.467. The van der Waals surface area contributed by atoms with Crippen LogP contribution in [0, 0.1) is 0 Å². The van der Waals surface area contributed by atoms with Crippen molar-refractivity contribution in [2.45, 2.75) is 19.3 Å². The zero-order chi connectivity index (χ0) is 15.1. The molecule has 1 aliphatic rings. The molecule has 0 spiro atoms. The summed E-state index contributed by atoms with van der Waals surface area (Å²) in [5, 5.41) is 11.4. The van der Waals surface area contributed by atoms with E-state index >= 15 is 0 Å². The summed E-state index contributed by atoms with van der Waals surface area (Å²) in [6, 6.07) is 6.84. The van der Waals surface area contributed by atoms with E-state index in [0.717, 1.165) is 19.6 Å². The lowest BCUT2D eigenvalue weighted by molar-refractivity contribution is -0.139. The van der Waals surface area contributed by atoms with Crippen molar-refractivity contribution in [1.82, 2.24) is 4.90 Å². The van der Waals surface area contributed by atoms with Crippen LogP contribution in [-0.4, -0.2) is 48.1 Å². The molecule has 1 aliphatic heterocycles. The smallest absolute Gasteiger partial charge is 0.341 e. The first-order valence-electron chi connectivity index (χ1n) is 7.11. The van der Waals surface area contributed by atoms with Crippen LogP contribution in [0.3, 0.4) is 0 Å². The van der Waals surface area contributed by atoms with Gasteiger partial charge >= 0.3 is 5.97 Å². The van der Waals surface area contributed by atoms with Crippen molar-refractivity contribution in [1.29, 1.82) is 0 Å². The minimum Gasteiger partial charge on any atom is -0.480 e. The van der Waals surface area contributed by atoms with Crippen molar-refractivity contribution in [3.63, 3.8) is 0 Å². The van der Waals surface area contributed by atoms with Gasteiger partial charge < -0.3 is 20.1 Å². The number of hydrogen-bond donors (Lipinski definition) is 2. The second-order valence-corrected chi connectivity index (χ2v) is 5.03. The maximum absolute atomic E-state index is 11.9. The lowest BCUT2D eigenvalue weighted by Crippen LogP contribution is -2.25. The van der Waals surface area contributed by atoms with Gasteiger partial charge in [0.25, 0.3) is 0 Å². The molecule has 21 heavy (non-hydrogen) atoms. The molecule has 0 atom stereocenters. The molecule has 1 saturated heterocycles. The fourth-order valence-corrected chi connectivity index (χ4v) is 2.31. The van der Waals surface area contributed by atoms with Gasteiger partial charge in [-0.25, -0.2) is 4.79 Å². The number of carbonyl (C=O) groups is 2. The number of ether oxygens (including phenoxy) is 1. The summed E-state index contributed by atoms with van der Waals surface area (Å²) in [5.74, 6) is -0.770. The molecule has 0 bridgehead atoms. The van der Waals surface area contributed by atoms with E-state index in [2.05, 4.69) is 10.2 Å². The third kappa shape index (κ3) is 5.07. The second-order valence-electron chi connectivity index (χ2n) is 5.03. The van der Waals surface area contributed by atoms with Gasteiger partial charge in [0.15, 0.2) is 6.61 Å². The van der Waals surface area contributed by atoms with Crippen molar-refractivity contribution < 1.29 is 19.4 Å². The van der Waals surface area contributed by atoms with Crippen molar-refractivity contribution in [3.05, 3.63) is 24.3 Å². The Bertz CT molecular complexity index is 498. The zero-order valence-corrected chi connectivity index (χ0v) is 11.9. The third-order valence-electron chi connectivity index (χ3n) is 3.37. The van der Waals surface area contributed by atoms with Crippen LogP contribution in [0.1, 0.15) is 19.3 Å². The molecule has 0 radical (unpaired) electrons. The first-order valence-corrected chi connectivity index (χ1v) is 7.11. The Balaban J connectivity index is 1.85. The number of carboxylic acids is 1. The molecular formula is C15H20N2O4. The number of aliphatic carboxylic acids is 1. The maximum Gasteiger partial charge on any atom is 0.341 e. The summed E-state index contributed by atoms with van der Waals surface area (Å²) in [6.45, 7) is 2.45. The van der Waals surface area contributed by atoms with Crippen molar-refractivity contribution in [2.75, 3.05) is 31.6 Å². The van der Waals surface area contributed by atoms with Gasteiger partial charge in [-0.05, 0) is 38.1 Å². The van der Waals surface area contributed by atoms with Gasteiger partial charge in [0.05, 0.1) is 5.69 Å². The number of para-hydroxylation sites is 2. The lowest BCUT2D eigenvalue weighted by atomic mass is 10.2. The molecule has 0 unspecified atom stereocenters. The van der Waals surface area contributed by atoms with Gasteiger partial charge in [-0.1, -0.05) is 12.1 Å². The summed E-state index contributed by atoms with van der Waals surface area (Å²) in [5.41, 5.74) is 0.505. The lowest BCUT2D eigenvalue weighted by Gasteiger charge is -2.15. The molecule has 0 saturated carbocycles. The number of rotatable bonds is 7. The highest BCUT2D eigenvalue weighted by atomic mass is 16.5. The number of anilines is 1. The van der Waals surface area contributed by atoms with Crippen molar-refractivity contribution in [2.24, 2.45) is 0 Å². The van der Waals surface area contributed by atoms with Crippen LogP contribution in [0.2, 0.25) is 0 Å². The highest BCUT2D eigenvalue weighted by molar-refractivity contribution is 5.92. The van der Waals surface area contributed by atoms with E-state index in [1.54, 1.807) is 24.3 Å². The molecule has 6 nitrogen and oxygen atoms in total. The number of carbonyl (C=O) groups excluding carboxylic acids is 1. The van der Waals surface area contributed by atoms with Crippen LogP contribution in [0.25, 0.3) is 0 Å². The van der Waals surface area contributed by atoms with E-state index in [1.807, 2.05) is 0 Å². The van der Waals surface area contributed by atoms with E-state index in [-0.39, 0.29) is 5.91 Å². The molecule has 2 rings (SSSR count). The highest BCUT2D eigenvalue weighted by Crippen LogP contribution is 2.23. The SMILES string of the molecule is O=C(O)COc1ccccc1NC(=O)CCN1CCCC1. The molecular weight excluding hydrogens is 272 g/mol. The molecule has 0 aliphatic carbocycles. The van der Waals surface area contributed by atoms with Gasteiger partial charge in [0.1, 0.15) is 5.75 Å². The van der Waals surface area contributed by atoms with Crippen LogP contribution in [-0.2, 0) is 9.59 Å². The second kappa shape index (κ2) is 7.64. The molecule has 0 aromatic heterocycles. The largest absolute Gasteiger partial charge is 0.480 e. The predicted molar refractivity (Wildman–Crippen MR) is 78.5 cm³/mol. The summed E-state index contributed by atoms with van der Waals surface area (Å²) >= 11 is 0. The standard InChI is InChI=1S/C15H20N2O4/c18-14(7-10-17-8-3-4-9-17)16-12-5-1-2-6-13(12)21-11-15(19)20/h1-2,5-6H,3-4,7-11H2,(H,16,18)(H,19,20). The van der Waals surface area contributed by atoms with E-state index in [4.69, 9.17) is 9.84 Å². The Morgan fingerprint density at radius 1 is 1.24 bits per heavy atom. The first-order chi connectivity index (χ1) is 10.1. The first kappa shape index (κ1) is 15.3. The summed E-state index contributed by atoms with van der Waals surface area (Å²) in [4.78, 5) is 24.8. The summed E-state index contributed by atoms with van der Waals surface area (Å²) in [6.07, 6.45) is 2.83. The number of benzene rings is 1. The minimum atomic E-state index is -1.05. The van der Waals surface area contributed by atoms with E-state index in [0.29, 0.717) is 17.9 Å². The predicted octanol–water partition coefficient (Wildman–Crippen LogP) is 1.57. The molecule has 1 aromatic rings. The number of amides is 1. The number of hydrogen-bond acceptors (Lipinski definition) is 4. The molecule has 1 amide bonds. The molecule has 1 heterocycles. The average molecular weight is 292 g/mol. The van der Waals surface area contributed by atoms with Crippen LogP contribution in [0.4, 0.5) is 5.69 Å². The molecule has 6 heteroatoms. The highest BCUT2D eigenvalue weighted by Gasteiger charge is 2.14. The normalized spacial score (nSPS) is 14.9. The van der Waals surface area contributed by atoms with Gasteiger partial charge in [-0.3, -0.25) is 4.79 Å². The molecule has 114 valence electrons. The van der Waals surface area contributed by atoms with E-state index in [9.17, 15) is 9.59 Å². The van der Waals surface area contributed by atoms with Gasteiger partial charge in [0.2, 0.25) is 5.91 Å². The Kier molecular flexibility index (Phi) is 5.57. The maximum atomic E-state index is 11.9. The van der Waals surface area contributed by atoms with Crippen LogP contribution < -0.4 is 10.1 Å². The van der Waals surface area contributed by atoms with Crippen LogP contribution in [0.15, 0.2) is 24.3 Å². The number of nitrogens with one attached hydrogen (secondary N) is 1. The minimum absolute atomic E-state index is 0.0896. The summed E-state index contributed by atoms with van der Waals surface area (Å²) in [7, 11) is 0. The average Bonchev–Trinajstić information content (AvgIpc) is 2.97. The number of nitrogens with zero attached hydrogens (tertiary/aromatic N) is 1. The monoisotopic (exact) mass is 292 g/mol. The Morgan fingerprint density at radius 3 is 2.67 bits per heavy atom. The van der Waals surface area contributed by atoms with Gasteiger partial charge in [-0.15, -0.1) is 0 Å². The zero-order valence-electron chi connectivity index (χ0n) is 11.9. The van der Waals surface area contributed by atoms with Crippen molar-refractivity contribution in [3.8, 4) is 5.75 Å². The van der Waals surface area contributed by atoms with E-state index in [1.165, 1.54) is 12.8 Å². The molecule has 1 fully saturated rings. The number of carboxylic acid groups (broad SMARTS) is 1.